The molecule has 1 fully saturated rings. The Labute approximate surface area is 130 Å². The minimum Gasteiger partial charge on any atom is -0.336 e. The Morgan fingerprint density at radius 3 is 2.57 bits per heavy atom. The summed E-state index contributed by atoms with van der Waals surface area (Å²) in [5.74, 6) is -0.128. The maximum Gasteiger partial charge on any atom is 0.435 e. The zero-order valence-corrected chi connectivity index (χ0v) is 12.2. The predicted octanol–water partition coefficient (Wildman–Crippen LogP) is 1.94. The second-order valence-electron chi connectivity index (χ2n) is 5.24. The van der Waals surface area contributed by atoms with Gasteiger partial charge in [-0.25, -0.2) is 4.68 Å². The lowest BCUT2D eigenvalue weighted by Crippen LogP contribution is -2.46. The molecule has 0 unspecified atom stereocenters. The van der Waals surface area contributed by atoms with Crippen molar-refractivity contribution >= 4 is 5.91 Å². The van der Waals surface area contributed by atoms with Crippen LogP contribution in [0, 0.1) is 0 Å². The van der Waals surface area contributed by atoms with Crippen LogP contribution in [0.2, 0.25) is 0 Å². The Morgan fingerprint density at radius 2 is 1.91 bits per heavy atom. The van der Waals surface area contributed by atoms with Crippen LogP contribution in [0.25, 0.3) is 5.69 Å². The highest BCUT2D eigenvalue weighted by atomic mass is 19.4. The second-order valence-corrected chi connectivity index (χ2v) is 5.24. The summed E-state index contributed by atoms with van der Waals surface area (Å²) in [6.07, 6.45) is -3.25. The van der Waals surface area contributed by atoms with Gasteiger partial charge in [0.1, 0.15) is 0 Å². The molecule has 1 amide bonds. The van der Waals surface area contributed by atoms with Gasteiger partial charge in [-0.2, -0.15) is 18.3 Å². The predicted molar refractivity (Wildman–Crippen MR) is 77.3 cm³/mol. The molecule has 0 saturated carbocycles. The molecule has 0 radical (unpaired) electrons. The normalized spacial score (nSPS) is 15.7. The van der Waals surface area contributed by atoms with Gasteiger partial charge in [0.05, 0.1) is 5.69 Å². The number of amides is 1. The molecule has 0 aliphatic carbocycles. The molecule has 1 aliphatic heterocycles. The van der Waals surface area contributed by atoms with E-state index in [1.807, 2.05) is 0 Å². The molecule has 1 aromatic heterocycles. The fourth-order valence-electron chi connectivity index (χ4n) is 2.45. The monoisotopic (exact) mass is 324 g/mol. The van der Waals surface area contributed by atoms with Gasteiger partial charge in [0.25, 0.3) is 5.91 Å². The number of alkyl halides is 3. The van der Waals surface area contributed by atoms with E-state index in [-0.39, 0.29) is 5.91 Å². The summed E-state index contributed by atoms with van der Waals surface area (Å²) in [4.78, 5) is 14.2. The summed E-state index contributed by atoms with van der Waals surface area (Å²) in [5, 5.41) is 6.68. The zero-order chi connectivity index (χ0) is 16.4. The fourth-order valence-corrected chi connectivity index (χ4v) is 2.45. The molecule has 0 bridgehead atoms. The van der Waals surface area contributed by atoms with E-state index in [1.54, 1.807) is 29.2 Å². The van der Waals surface area contributed by atoms with E-state index in [9.17, 15) is 18.0 Å². The van der Waals surface area contributed by atoms with E-state index in [2.05, 4.69) is 10.4 Å². The minimum atomic E-state index is -4.49. The SMILES string of the molecule is O=C(c1cccc(-n2ccc(C(F)(F)F)n2)c1)N1CCNCC1. The van der Waals surface area contributed by atoms with Gasteiger partial charge in [0, 0.05) is 37.9 Å². The number of hydrogen-bond donors (Lipinski definition) is 1. The van der Waals surface area contributed by atoms with Crippen molar-refractivity contribution in [3.63, 3.8) is 0 Å². The van der Waals surface area contributed by atoms with Crippen LogP contribution < -0.4 is 5.32 Å². The van der Waals surface area contributed by atoms with Crippen LogP contribution in [0.1, 0.15) is 16.1 Å². The molecule has 2 heterocycles. The smallest absolute Gasteiger partial charge is 0.336 e. The number of rotatable bonds is 2. The van der Waals surface area contributed by atoms with Gasteiger partial charge in [0.15, 0.2) is 5.69 Å². The Morgan fingerprint density at radius 1 is 1.17 bits per heavy atom. The topological polar surface area (TPSA) is 50.2 Å². The molecule has 0 atom stereocenters. The molecule has 23 heavy (non-hydrogen) atoms. The first-order valence-electron chi connectivity index (χ1n) is 7.18. The molecule has 0 spiro atoms. The van der Waals surface area contributed by atoms with Crippen LogP contribution in [0.15, 0.2) is 36.5 Å². The molecular formula is C15H15F3N4O. The highest BCUT2D eigenvalue weighted by molar-refractivity contribution is 5.94. The highest BCUT2D eigenvalue weighted by Crippen LogP contribution is 2.28. The van der Waals surface area contributed by atoms with E-state index in [0.29, 0.717) is 24.3 Å². The summed E-state index contributed by atoms with van der Waals surface area (Å²) >= 11 is 0. The van der Waals surface area contributed by atoms with E-state index in [4.69, 9.17) is 0 Å². The van der Waals surface area contributed by atoms with Gasteiger partial charge in [-0.05, 0) is 24.3 Å². The number of nitrogens with one attached hydrogen (secondary N) is 1. The standard InChI is InChI=1S/C15H15F3N4O/c16-15(17,18)13-4-7-22(20-13)12-3-1-2-11(10-12)14(23)21-8-5-19-6-9-21/h1-4,7,10,19H,5-6,8-9H2. The van der Waals surface area contributed by atoms with E-state index >= 15 is 0 Å². The lowest BCUT2D eigenvalue weighted by atomic mass is 10.1. The lowest BCUT2D eigenvalue weighted by molar-refractivity contribution is -0.141. The molecule has 5 nitrogen and oxygen atoms in total. The molecular weight excluding hydrogens is 309 g/mol. The van der Waals surface area contributed by atoms with Crippen molar-refractivity contribution in [3.05, 3.63) is 47.8 Å². The van der Waals surface area contributed by atoms with Gasteiger partial charge in [-0.1, -0.05) is 6.07 Å². The van der Waals surface area contributed by atoms with Crippen LogP contribution in [-0.4, -0.2) is 46.8 Å². The summed E-state index contributed by atoms with van der Waals surface area (Å²) in [5.41, 5.74) is -0.105. The van der Waals surface area contributed by atoms with Crippen molar-refractivity contribution in [1.82, 2.24) is 20.0 Å². The third-order valence-electron chi connectivity index (χ3n) is 3.64. The molecule has 2 aromatic rings. The third-order valence-corrected chi connectivity index (χ3v) is 3.64. The van der Waals surface area contributed by atoms with Gasteiger partial charge in [-0.3, -0.25) is 4.79 Å². The third kappa shape index (κ3) is 3.37. The van der Waals surface area contributed by atoms with Crippen LogP contribution in [-0.2, 0) is 6.18 Å². The van der Waals surface area contributed by atoms with Gasteiger partial charge in [-0.15, -0.1) is 0 Å². The molecule has 122 valence electrons. The number of aromatic nitrogens is 2. The highest BCUT2D eigenvalue weighted by Gasteiger charge is 2.33. The van der Waals surface area contributed by atoms with Crippen molar-refractivity contribution in [1.29, 1.82) is 0 Å². The van der Waals surface area contributed by atoms with Crippen molar-refractivity contribution in [2.24, 2.45) is 0 Å². The molecule has 1 aliphatic rings. The average molecular weight is 324 g/mol. The zero-order valence-electron chi connectivity index (χ0n) is 12.2. The Hall–Kier alpha value is -2.35. The van der Waals surface area contributed by atoms with E-state index in [1.165, 1.54) is 6.20 Å². The largest absolute Gasteiger partial charge is 0.435 e. The van der Waals surface area contributed by atoms with Gasteiger partial charge >= 0.3 is 6.18 Å². The number of hydrogen-bond acceptors (Lipinski definition) is 3. The molecule has 1 saturated heterocycles. The van der Waals surface area contributed by atoms with Crippen LogP contribution in [0.4, 0.5) is 13.2 Å². The van der Waals surface area contributed by atoms with E-state index < -0.39 is 11.9 Å². The van der Waals surface area contributed by atoms with Crippen LogP contribution in [0.5, 0.6) is 0 Å². The van der Waals surface area contributed by atoms with Crippen molar-refractivity contribution in [3.8, 4) is 5.69 Å². The molecule has 3 rings (SSSR count). The Balaban J connectivity index is 1.85. The first-order chi connectivity index (χ1) is 10.9. The van der Waals surface area contributed by atoms with Gasteiger partial charge in [0.2, 0.25) is 0 Å². The number of carbonyl (C=O) groups excluding carboxylic acids is 1. The fraction of sp³-hybridized carbons (Fsp3) is 0.333. The summed E-state index contributed by atoms with van der Waals surface area (Å²) in [6, 6.07) is 7.37. The summed E-state index contributed by atoms with van der Waals surface area (Å²) in [6.45, 7) is 2.70. The second kappa shape index (κ2) is 6.04. The maximum atomic E-state index is 12.6. The lowest BCUT2D eigenvalue weighted by Gasteiger charge is -2.27. The van der Waals surface area contributed by atoms with Crippen LogP contribution in [0.3, 0.4) is 0 Å². The number of benzene rings is 1. The van der Waals surface area contributed by atoms with E-state index in [0.717, 1.165) is 23.8 Å². The van der Waals surface area contributed by atoms with Crippen molar-refractivity contribution in [2.75, 3.05) is 26.2 Å². The van der Waals surface area contributed by atoms with Crippen molar-refractivity contribution < 1.29 is 18.0 Å². The summed E-state index contributed by atoms with van der Waals surface area (Å²) < 4.78 is 39.0. The maximum absolute atomic E-state index is 12.6. The number of nitrogens with zero attached hydrogens (tertiary/aromatic N) is 3. The number of halogens is 3. The Kier molecular flexibility index (Phi) is 4.08. The first kappa shape index (κ1) is 15.5. The minimum absolute atomic E-state index is 0.128. The number of carbonyl (C=O) groups is 1. The molecule has 1 N–H and O–H groups in total. The quantitative estimate of drug-likeness (QED) is 0.918. The van der Waals surface area contributed by atoms with Gasteiger partial charge < -0.3 is 10.2 Å². The molecule has 8 heteroatoms. The average Bonchev–Trinajstić information content (AvgIpc) is 3.05. The molecule has 1 aromatic carbocycles. The first-order valence-corrected chi connectivity index (χ1v) is 7.18. The Bertz CT molecular complexity index is 705. The number of piperazine rings is 1. The van der Waals surface area contributed by atoms with Crippen molar-refractivity contribution in [2.45, 2.75) is 6.18 Å². The summed E-state index contributed by atoms with van der Waals surface area (Å²) in [7, 11) is 0. The van der Waals surface area contributed by atoms with Crippen LogP contribution >= 0.6 is 0 Å².